The number of hydrogen-bond donors (Lipinski definition) is 1. The number of nitrogens with two attached hydrogens (primary N) is 1. The summed E-state index contributed by atoms with van der Waals surface area (Å²) in [6.07, 6.45) is 0. The Morgan fingerprint density at radius 3 is 2.53 bits per heavy atom. The maximum absolute atomic E-state index is 11.5. The van der Waals surface area contributed by atoms with E-state index < -0.39 is 11.5 Å². The van der Waals surface area contributed by atoms with Crippen molar-refractivity contribution in [3.8, 4) is 11.8 Å². The van der Waals surface area contributed by atoms with Crippen LogP contribution in [0.5, 0.6) is 0 Å². The van der Waals surface area contributed by atoms with Crippen LogP contribution in [0.3, 0.4) is 0 Å². The van der Waals surface area contributed by atoms with Gasteiger partial charge in [-0.05, 0) is 26.0 Å². The van der Waals surface area contributed by atoms with Gasteiger partial charge in [-0.15, -0.1) is 0 Å². The minimum atomic E-state index is -1.09. The lowest BCUT2D eigenvalue weighted by atomic mass is 9.88. The van der Waals surface area contributed by atoms with E-state index in [1.807, 2.05) is 37.3 Å². The van der Waals surface area contributed by atoms with E-state index in [2.05, 4.69) is 16.6 Å². The fourth-order valence-corrected chi connectivity index (χ4v) is 1.26. The van der Waals surface area contributed by atoms with Crippen LogP contribution in [0, 0.1) is 17.8 Å². The molecule has 0 saturated heterocycles. The summed E-state index contributed by atoms with van der Waals surface area (Å²) in [7, 11) is 1.32. The summed E-state index contributed by atoms with van der Waals surface area (Å²) in [6.45, 7) is 3.44. The second kappa shape index (κ2) is 5.51. The zero-order valence-corrected chi connectivity index (χ0v) is 10.4. The Kier molecular flexibility index (Phi) is 4.30. The molecule has 1 rings (SSSR count). The summed E-state index contributed by atoms with van der Waals surface area (Å²) < 4.78 is 4.66. The standard InChI is InChI=1S/C14H17NO2/c1-11(14(2,15)13(16)17-3)9-10-12-7-5-4-6-8-12/h4-8,11H,15H2,1-3H3/t11-,14+/m1/s1. The number of hydrogen-bond acceptors (Lipinski definition) is 3. The second-order valence-electron chi connectivity index (χ2n) is 4.13. The fraction of sp³-hybridized carbons (Fsp3) is 0.357. The first kappa shape index (κ1) is 13.3. The lowest BCUT2D eigenvalue weighted by Gasteiger charge is -2.24. The van der Waals surface area contributed by atoms with E-state index in [0.29, 0.717) is 0 Å². The molecule has 1 aromatic rings. The zero-order valence-electron chi connectivity index (χ0n) is 10.4. The number of benzene rings is 1. The molecule has 0 fully saturated rings. The van der Waals surface area contributed by atoms with Gasteiger partial charge in [-0.3, -0.25) is 4.79 Å². The van der Waals surface area contributed by atoms with Gasteiger partial charge >= 0.3 is 5.97 Å². The van der Waals surface area contributed by atoms with Crippen molar-refractivity contribution >= 4 is 5.97 Å². The predicted molar refractivity (Wildman–Crippen MR) is 67.1 cm³/mol. The van der Waals surface area contributed by atoms with Crippen LogP contribution in [0.15, 0.2) is 30.3 Å². The Balaban J connectivity index is 2.83. The quantitative estimate of drug-likeness (QED) is 0.621. The zero-order chi connectivity index (χ0) is 12.9. The molecule has 0 bridgehead atoms. The third-order valence-corrected chi connectivity index (χ3v) is 2.73. The van der Waals surface area contributed by atoms with Crippen molar-refractivity contribution in [1.82, 2.24) is 0 Å². The Morgan fingerprint density at radius 1 is 1.41 bits per heavy atom. The number of rotatable bonds is 2. The number of esters is 1. The molecule has 3 heteroatoms. The van der Waals surface area contributed by atoms with Crippen LogP contribution in [-0.2, 0) is 9.53 Å². The van der Waals surface area contributed by atoms with Gasteiger partial charge in [-0.25, -0.2) is 0 Å². The maximum atomic E-state index is 11.5. The van der Waals surface area contributed by atoms with Crippen LogP contribution in [0.25, 0.3) is 0 Å². The van der Waals surface area contributed by atoms with Gasteiger partial charge in [-0.2, -0.15) is 0 Å². The Morgan fingerprint density at radius 2 is 2.00 bits per heavy atom. The molecule has 0 heterocycles. The summed E-state index contributed by atoms with van der Waals surface area (Å²) in [5.74, 6) is 5.24. The average Bonchev–Trinajstić information content (AvgIpc) is 2.35. The Bertz CT molecular complexity index is 440. The van der Waals surface area contributed by atoms with Crippen molar-refractivity contribution in [2.75, 3.05) is 7.11 Å². The van der Waals surface area contributed by atoms with Gasteiger partial charge < -0.3 is 10.5 Å². The van der Waals surface area contributed by atoms with E-state index in [1.54, 1.807) is 6.92 Å². The molecule has 0 amide bonds. The topological polar surface area (TPSA) is 52.3 Å². The van der Waals surface area contributed by atoms with Gasteiger partial charge in [0.1, 0.15) is 5.54 Å². The molecular weight excluding hydrogens is 214 g/mol. The molecular formula is C14H17NO2. The van der Waals surface area contributed by atoms with Crippen LogP contribution in [0.1, 0.15) is 19.4 Å². The summed E-state index contributed by atoms with van der Waals surface area (Å²) >= 11 is 0. The number of methoxy groups -OCH3 is 1. The number of carbonyl (C=O) groups excluding carboxylic acids is 1. The van der Waals surface area contributed by atoms with Gasteiger partial charge in [0.05, 0.1) is 7.11 Å². The van der Waals surface area contributed by atoms with Gasteiger partial charge in [0.25, 0.3) is 0 Å². The van der Waals surface area contributed by atoms with Crippen LogP contribution in [0.4, 0.5) is 0 Å². The molecule has 0 aliphatic carbocycles. The van der Waals surface area contributed by atoms with Gasteiger partial charge in [0, 0.05) is 11.5 Å². The maximum Gasteiger partial charge on any atom is 0.326 e. The average molecular weight is 231 g/mol. The highest BCUT2D eigenvalue weighted by molar-refractivity contribution is 5.80. The number of carbonyl (C=O) groups is 1. The highest BCUT2D eigenvalue weighted by Crippen LogP contribution is 2.14. The van der Waals surface area contributed by atoms with E-state index in [-0.39, 0.29) is 5.92 Å². The summed E-state index contributed by atoms with van der Waals surface area (Å²) in [4.78, 5) is 11.5. The van der Waals surface area contributed by atoms with Crippen LogP contribution in [0.2, 0.25) is 0 Å². The van der Waals surface area contributed by atoms with E-state index in [4.69, 9.17) is 5.73 Å². The van der Waals surface area contributed by atoms with Crippen molar-refractivity contribution < 1.29 is 9.53 Å². The minimum absolute atomic E-state index is 0.282. The van der Waals surface area contributed by atoms with Crippen molar-refractivity contribution in [2.45, 2.75) is 19.4 Å². The summed E-state index contributed by atoms with van der Waals surface area (Å²) in [5.41, 5.74) is 5.72. The highest BCUT2D eigenvalue weighted by Gasteiger charge is 2.34. The molecule has 0 unspecified atom stereocenters. The molecule has 17 heavy (non-hydrogen) atoms. The summed E-state index contributed by atoms with van der Waals surface area (Å²) in [5, 5.41) is 0. The lowest BCUT2D eigenvalue weighted by Crippen LogP contribution is -2.50. The molecule has 0 saturated carbocycles. The first-order valence-corrected chi connectivity index (χ1v) is 5.42. The monoisotopic (exact) mass is 231 g/mol. The van der Waals surface area contributed by atoms with E-state index in [9.17, 15) is 4.79 Å². The smallest absolute Gasteiger partial charge is 0.326 e. The van der Waals surface area contributed by atoms with Crippen molar-refractivity contribution in [3.05, 3.63) is 35.9 Å². The number of ether oxygens (including phenoxy) is 1. The Labute approximate surface area is 102 Å². The SMILES string of the molecule is COC(=O)[C@@](C)(N)[C@H](C)C#Cc1ccccc1. The van der Waals surface area contributed by atoms with Crippen molar-refractivity contribution in [2.24, 2.45) is 11.7 Å². The third kappa shape index (κ3) is 3.33. The highest BCUT2D eigenvalue weighted by atomic mass is 16.5. The molecule has 90 valence electrons. The fourth-order valence-electron chi connectivity index (χ4n) is 1.26. The first-order chi connectivity index (χ1) is 7.98. The van der Waals surface area contributed by atoms with Crippen molar-refractivity contribution in [1.29, 1.82) is 0 Å². The van der Waals surface area contributed by atoms with Crippen LogP contribution < -0.4 is 5.73 Å². The second-order valence-corrected chi connectivity index (χ2v) is 4.13. The molecule has 0 aliphatic rings. The first-order valence-electron chi connectivity index (χ1n) is 5.42. The molecule has 0 spiro atoms. The minimum Gasteiger partial charge on any atom is -0.468 e. The Hall–Kier alpha value is -1.79. The van der Waals surface area contributed by atoms with E-state index >= 15 is 0 Å². The molecule has 0 radical (unpaired) electrons. The molecule has 1 aromatic carbocycles. The molecule has 0 aliphatic heterocycles. The van der Waals surface area contributed by atoms with Gasteiger partial charge in [0.15, 0.2) is 0 Å². The van der Waals surface area contributed by atoms with Gasteiger partial charge in [0.2, 0.25) is 0 Å². The lowest BCUT2D eigenvalue weighted by molar-refractivity contribution is -0.147. The van der Waals surface area contributed by atoms with E-state index in [1.165, 1.54) is 7.11 Å². The van der Waals surface area contributed by atoms with Crippen LogP contribution in [-0.4, -0.2) is 18.6 Å². The molecule has 3 nitrogen and oxygen atoms in total. The normalized spacial score (nSPS) is 15.1. The summed E-state index contributed by atoms with van der Waals surface area (Å²) in [6, 6.07) is 9.57. The molecule has 2 atom stereocenters. The van der Waals surface area contributed by atoms with E-state index in [0.717, 1.165) is 5.56 Å². The van der Waals surface area contributed by atoms with Crippen LogP contribution >= 0.6 is 0 Å². The van der Waals surface area contributed by atoms with Gasteiger partial charge in [-0.1, -0.05) is 30.0 Å². The predicted octanol–water partition coefficient (Wildman–Crippen LogP) is 1.56. The van der Waals surface area contributed by atoms with Crippen molar-refractivity contribution in [3.63, 3.8) is 0 Å². The largest absolute Gasteiger partial charge is 0.468 e. The molecule has 2 N–H and O–H groups in total. The third-order valence-electron chi connectivity index (χ3n) is 2.73. The molecule has 0 aromatic heterocycles.